The minimum atomic E-state index is -3.91. The van der Waals surface area contributed by atoms with Crippen molar-refractivity contribution in [1.82, 2.24) is 4.31 Å². The molecule has 0 aliphatic heterocycles. The molecule has 0 spiro atoms. The summed E-state index contributed by atoms with van der Waals surface area (Å²) in [5.74, 6) is 0.883. The lowest BCUT2D eigenvalue weighted by molar-refractivity contribution is -0.170. The van der Waals surface area contributed by atoms with Crippen LogP contribution >= 0.6 is 0 Å². The highest BCUT2D eigenvalue weighted by Crippen LogP contribution is 2.63. The summed E-state index contributed by atoms with van der Waals surface area (Å²) in [7, 11) is -2.46. The van der Waals surface area contributed by atoms with Gasteiger partial charge in [-0.3, -0.25) is 4.79 Å². The van der Waals surface area contributed by atoms with Gasteiger partial charge in [-0.2, -0.15) is 4.31 Å². The van der Waals surface area contributed by atoms with Gasteiger partial charge < -0.3 is 10.8 Å². The Balaban J connectivity index is 1.57. The lowest BCUT2D eigenvalue weighted by Gasteiger charge is -2.60. The molecule has 4 bridgehead atoms. The summed E-state index contributed by atoms with van der Waals surface area (Å²) in [6.45, 7) is 3.34. The highest BCUT2D eigenvalue weighted by atomic mass is 32.2. The maximum Gasteiger partial charge on any atom is 0.245 e. The number of nitrogens with zero attached hydrogens (tertiary/aromatic N) is 1. The quantitative estimate of drug-likeness (QED) is 0.689. The molecule has 4 aliphatic carbocycles. The number of benzene rings is 1. The molecule has 1 aromatic carbocycles. The molecule has 4 aliphatic rings. The molecule has 0 aromatic heterocycles. The second-order valence-electron chi connectivity index (χ2n) is 10.4. The second kappa shape index (κ2) is 6.53. The lowest BCUT2D eigenvalue weighted by atomic mass is 9.46. The van der Waals surface area contributed by atoms with Gasteiger partial charge in [0.2, 0.25) is 10.0 Å². The van der Waals surface area contributed by atoms with Crippen LogP contribution in [0, 0.1) is 17.3 Å². The van der Waals surface area contributed by atoms with E-state index in [9.17, 15) is 18.3 Å². The fourth-order valence-electron chi connectivity index (χ4n) is 6.50. The van der Waals surface area contributed by atoms with Crippen LogP contribution in [0.4, 0.5) is 5.69 Å². The first kappa shape index (κ1) is 20.8. The van der Waals surface area contributed by atoms with Crippen LogP contribution in [0.15, 0.2) is 29.2 Å². The summed E-state index contributed by atoms with van der Waals surface area (Å²) in [5.41, 5.74) is 4.04. The third-order valence-corrected chi connectivity index (χ3v) is 9.82. The Labute approximate surface area is 173 Å². The van der Waals surface area contributed by atoms with Crippen molar-refractivity contribution in [1.29, 1.82) is 0 Å². The van der Waals surface area contributed by atoms with Gasteiger partial charge in [0.1, 0.15) is 4.90 Å². The Hall–Kier alpha value is -1.44. The Kier molecular flexibility index (Phi) is 4.69. The van der Waals surface area contributed by atoms with Crippen LogP contribution in [0.1, 0.15) is 58.8 Å². The molecule has 1 aromatic rings. The van der Waals surface area contributed by atoms with Gasteiger partial charge in [0.05, 0.1) is 16.8 Å². The van der Waals surface area contributed by atoms with E-state index >= 15 is 0 Å². The average molecular weight is 421 g/mol. The van der Waals surface area contributed by atoms with Crippen molar-refractivity contribution in [3.63, 3.8) is 0 Å². The zero-order valence-electron chi connectivity index (χ0n) is 17.5. The molecular formula is C22H32N2O4S. The molecule has 4 saturated carbocycles. The van der Waals surface area contributed by atoms with Gasteiger partial charge in [0.15, 0.2) is 5.78 Å². The van der Waals surface area contributed by atoms with Crippen LogP contribution in [0.3, 0.4) is 0 Å². The van der Waals surface area contributed by atoms with Crippen molar-refractivity contribution in [3.05, 3.63) is 24.3 Å². The number of Topliss-reactive ketones (excluding diaryl/α,β-unsaturated/α-hetero) is 1. The molecule has 0 saturated heterocycles. The summed E-state index contributed by atoms with van der Waals surface area (Å²) >= 11 is 0. The molecule has 0 heterocycles. The molecule has 2 atom stereocenters. The monoisotopic (exact) mass is 420 g/mol. The van der Waals surface area contributed by atoms with Gasteiger partial charge in [0.25, 0.3) is 0 Å². The van der Waals surface area contributed by atoms with Gasteiger partial charge in [-0.15, -0.1) is 0 Å². The maximum absolute atomic E-state index is 13.4. The SMILES string of the molecule is CN(C(C)(C)C(=O)CC12CC3CC(CC(O)(C3)C1)C2)S(=O)(=O)c1ccccc1N. The number of para-hydroxylation sites is 1. The van der Waals surface area contributed by atoms with Crippen molar-refractivity contribution in [2.75, 3.05) is 12.8 Å². The van der Waals surface area contributed by atoms with Crippen LogP contribution in [-0.4, -0.2) is 41.8 Å². The van der Waals surface area contributed by atoms with Crippen LogP contribution in [0.5, 0.6) is 0 Å². The first-order valence-electron chi connectivity index (χ1n) is 10.5. The standard InChI is InChI=1S/C22H32N2O4S/c1-20(2,24(3)29(27,28)18-7-5-4-6-17(18)23)19(25)13-21-9-15-8-16(10-21)12-22(26,11-15)14-21/h4-7,15-16,26H,8-14,23H2,1-3H3. The zero-order chi connectivity index (χ0) is 21.2. The van der Waals surface area contributed by atoms with Crippen molar-refractivity contribution in [3.8, 4) is 0 Å². The topological polar surface area (TPSA) is 101 Å². The van der Waals surface area contributed by atoms with E-state index in [0.29, 0.717) is 24.7 Å². The number of likely N-dealkylation sites (N-methyl/N-ethyl adjacent to an activating group) is 1. The number of hydrogen-bond donors (Lipinski definition) is 2. The van der Waals surface area contributed by atoms with Gasteiger partial charge in [-0.05, 0) is 81.8 Å². The average Bonchev–Trinajstić information content (AvgIpc) is 2.58. The highest BCUT2D eigenvalue weighted by Gasteiger charge is 2.58. The number of carbonyl (C=O) groups is 1. The molecule has 0 radical (unpaired) electrons. The molecule has 5 rings (SSSR count). The Morgan fingerprint density at radius 3 is 2.34 bits per heavy atom. The third-order valence-electron chi connectivity index (χ3n) is 7.71. The maximum atomic E-state index is 13.4. The Bertz CT molecular complexity index is 926. The van der Waals surface area contributed by atoms with Gasteiger partial charge in [0, 0.05) is 13.5 Å². The molecule has 3 N–H and O–H groups in total. The second-order valence-corrected chi connectivity index (χ2v) is 12.3. The lowest BCUT2D eigenvalue weighted by Crippen LogP contribution is -2.58. The predicted octanol–water partition coefficient (Wildman–Crippen LogP) is 2.96. The molecule has 4 fully saturated rings. The number of aliphatic hydroxyl groups is 1. The first-order valence-corrected chi connectivity index (χ1v) is 11.9. The number of hydrogen-bond acceptors (Lipinski definition) is 5. The van der Waals surface area contributed by atoms with Crippen molar-refractivity contribution in [2.45, 2.75) is 74.8 Å². The summed E-state index contributed by atoms with van der Waals surface area (Å²) < 4.78 is 27.5. The number of nitrogens with two attached hydrogens (primary N) is 1. The zero-order valence-corrected chi connectivity index (χ0v) is 18.3. The number of nitrogen functional groups attached to an aromatic ring is 1. The number of carbonyl (C=O) groups excluding carboxylic acids is 1. The Morgan fingerprint density at radius 1 is 1.21 bits per heavy atom. The van der Waals surface area contributed by atoms with E-state index in [1.54, 1.807) is 32.0 Å². The summed E-state index contributed by atoms with van der Waals surface area (Å²) in [6, 6.07) is 6.33. The molecule has 7 heteroatoms. The normalized spacial score (nSPS) is 34.0. The molecular weight excluding hydrogens is 388 g/mol. The minimum absolute atomic E-state index is 0.0208. The fraction of sp³-hybridized carbons (Fsp3) is 0.682. The van der Waals surface area contributed by atoms with E-state index in [4.69, 9.17) is 5.73 Å². The van der Waals surface area contributed by atoms with Gasteiger partial charge in [-0.1, -0.05) is 12.1 Å². The van der Waals surface area contributed by atoms with Crippen LogP contribution in [0.25, 0.3) is 0 Å². The van der Waals surface area contributed by atoms with E-state index in [1.807, 2.05) is 0 Å². The van der Waals surface area contributed by atoms with Crippen LogP contribution < -0.4 is 5.73 Å². The van der Waals surface area contributed by atoms with Gasteiger partial charge >= 0.3 is 0 Å². The Morgan fingerprint density at radius 2 is 1.79 bits per heavy atom. The minimum Gasteiger partial charge on any atom is -0.398 e. The van der Waals surface area contributed by atoms with E-state index in [0.717, 1.165) is 36.4 Å². The first-order chi connectivity index (χ1) is 13.4. The van der Waals surface area contributed by atoms with E-state index < -0.39 is 21.2 Å². The van der Waals surface area contributed by atoms with Crippen molar-refractivity contribution >= 4 is 21.5 Å². The van der Waals surface area contributed by atoms with Crippen LogP contribution in [-0.2, 0) is 14.8 Å². The number of anilines is 1. The van der Waals surface area contributed by atoms with Crippen molar-refractivity contribution in [2.24, 2.45) is 17.3 Å². The number of rotatable bonds is 6. The van der Waals surface area contributed by atoms with E-state index in [1.165, 1.54) is 13.1 Å². The van der Waals surface area contributed by atoms with Crippen LogP contribution in [0.2, 0.25) is 0 Å². The third kappa shape index (κ3) is 3.41. The van der Waals surface area contributed by atoms with E-state index in [-0.39, 0.29) is 21.8 Å². The van der Waals surface area contributed by atoms with Crippen molar-refractivity contribution < 1.29 is 18.3 Å². The molecule has 29 heavy (non-hydrogen) atoms. The summed E-state index contributed by atoms with van der Waals surface area (Å²) in [5, 5.41) is 11.0. The number of ketones is 1. The molecule has 6 nitrogen and oxygen atoms in total. The summed E-state index contributed by atoms with van der Waals surface area (Å²) in [4.78, 5) is 13.5. The summed E-state index contributed by atoms with van der Waals surface area (Å²) in [6.07, 6.45) is 5.78. The van der Waals surface area contributed by atoms with Gasteiger partial charge in [-0.25, -0.2) is 8.42 Å². The fourth-order valence-corrected chi connectivity index (χ4v) is 8.12. The van der Waals surface area contributed by atoms with E-state index in [2.05, 4.69) is 0 Å². The highest BCUT2D eigenvalue weighted by molar-refractivity contribution is 7.89. The molecule has 2 unspecified atom stereocenters. The predicted molar refractivity (Wildman–Crippen MR) is 112 cm³/mol. The smallest absolute Gasteiger partial charge is 0.245 e. The molecule has 0 amide bonds. The largest absolute Gasteiger partial charge is 0.398 e. The molecule has 160 valence electrons. The number of sulfonamides is 1.